The normalized spacial score (nSPS) is 13.1. The Labute approximate surface area is 192 Å². The fourth-order valence-electron chi connectivity index (χ4n) is 4.09. The van der Waals surface area contributed by atoms with E-state index in [1.54, 1.807) is 24.3 Å². The second-order valence-corrected chi connectivity index (χ2v) is 10.4. The molecule has 172 valence electrons. The Hall–Kier alpha value is -3.84. The summed E-state index contributed by atoms with van der Waals surface area (Å²) in [5.41, 5.74) is 1.53. The van der Waals surface area contributed by atoms with E-state index in [1.807, 2.05) is 0 Å². The molecular formula is C22H14N2O8S2. The van der Waals surface area contributed by atoms with Crippen molar-refractivity contribution in [2.75, 3.05) is 5.32 Å². The molecule has 0 spiro atoms. The molecule has 10 nitrogen and oxygen atoms in total. The molecule has 3 aromatic carbocycles. The maximum atomic E-state index is 13.4. The van der Waals surface area contributed by atoms with Crippen molar-refractivity contribution in [3.63, 3.8) is 0 Å². The number of hydrogen-bond acceptors (Lipinski definition) is 7. The van der Waals surface area contributed by atoms with E-state index in [-0.39, 0.29) is 28.3 Å². The summed E-state index contributed by atoms with van der Waals surface area (Å²) in [6.45, 7) is 0. The average molecular weight is 498 g/mol. The predicted molar refractivity (Wildman–Crippen MR) is 123 cm³/mol. The second-order valence-electron chi connectivity index (χ2n) is 7.57. The van der Waals surface area contributed by atoms with Gasteiger partial charge in [0.05, 0.1) is 21.8 Å². The van der Waals surface area contributed by atoms with Gasteiger partial charge in [0.2, 0.25) is 5.56 Å². The highest BCUT2D eigenvalue weighted by atomic mass is 32.2. The number of carbonyl (C=O) groups is 1. The minimum absolute atomic E-state index is 0.155. The number of aromatic amines is 1. The maximum absolute atomic E-state index is 13.4. The zero-order chi connectivity index (χ0) is 24.4. The third-order valence-corrected chi connectivity index (χ3v) is 7.24. The summed E-state index contributed by atoms with van der Waals surface area (Å²) in [7, 11) is -9.68. The lowest BCUT2D eigenvalue weighted by Crippen LogP contribution is -2.16. The molecule has 0 atom stereocenters. The second kappa shape index (κ2) is 7.33. The van der Waals surface area contributed by atoms with E-state index in [9.17, 15) is 35.5 Å². The summed E-state index contributed by atoms with van der Waals surface area (Å²) in [6, 6.07) is 13.7. The lowest BCUT2D eigenvalue weighted by atomic mass is 9.83. The Bertz CT molecular complexity index is 1820. The first kappa shape index (κ1) is 22.0. The molecule has 0 fully saturated rings. The molecule has 4 N–H and O–H groups in total. The predicted octanol–water partition coefficient (Wildman–Crippen LogP) is 2.98. The molecule has 0 bridgehead atoms. The van der Waals surface area contributed by atoms with Gasteiger partial charge in [-0.3, -0.25) is 18.7 Å². The average Bonchev–Trinajstić information content (AvgIpc) is 2.76. The highest BCUT2D eigenvalue weighted by Gasteiger charge is 2.29. The minimum Gasteiger partial charge on any atom is -0.354 e. The molecule has 0 unspecified atom stereocenters. The Kier molecular flexibility index (Phi) is 4.74. The molecule has 1 aliphatic rings. The van der Waals surface area contributed by atoms with Crippen molar-refractivity contribution in [1.82, 2.24) is 4.98 Å². The highest BCUT2D eigenvalue weighted by Crippen LogP contribution is 2.42. The molecule has 0 radical (unpaired) electrons. The Morgan fingerprint density at radius 1 is 0.735 bits per heavy atom. The van der Waals surface area contributed by atoms with Crippen LogP contribution in [0.3, 0.4) is 0 Å². The molecule has 1 aromatic heterocycles. The summed E-state index contributed by atoms with van der Waals surface area (Å²) < 4.78 is 65.7. The zero-order valence-corrected chi connectivity index (χ0v) is 18.6. The van der Waals surface area contributed by atoms with Gasteiger partial charge in [0.15, 0.2) is 5.78 Å². The van der Waals surface area contributed by atoms with Crippen molar-refractivity contribution < 1.29 is 30.7 Å². The SMILES string of the molecule is O=C1c2ccccc2-c2cc(=O)[nH]c3ccc(Nc4ccc(S(=O)(=O)O)cc4S(=O)(=O)O)c1c23. The molecule has 0 saturated heterocycles. The minimum atomic E-state index is -4.93. The van der Waals surface area contributed by atoms with Crippen LogP contribution in [-0.4, -0.2) is 36.7 Å². The third kappa shape index (κ3) is 3.49. The van der Waals surface area contributed by atoms with Gasteiger partial charge in [-0.1, -0.05) is 24.3 Å². The van der Waals surface area contributed by atoms with Crippen LogP contribution >= 0.6 is 0 Å². The van der Waals surface area contributed by atoms with Gasteiger partial charge in [-0.2, -0.15) is 16.8 Å². The van der Waals surface area contributed by atoms with Gasteiger partial charge in [0.25, 0.3) is 20.2 Å². The van der Waals surface area contributed by atoms with Gasteiger partial charge in [-0.05, 0) is 41.5 Å². The van der Waals surface area contributed by atoms with Gasteiger partial charge >= 0.3 is 0 Å². The summed E-state index contributed by atoms with van der Waals surface area (Å²) in [6.07, 6.45) is 0. The van der Waals surface area contributed by atoms with Gasteiger partial charge in [0.1, 0.15) is 4.90 Å². The molecule has 34 heavy (non-hydrogen) atoms. The van der Waals surface area contributed by atoms with Crippen molar-refractivity contribution in [3.8, 4) is 11.1 Å². The number of fused-ring (bicyclic) bond motifs is 2. The first-order valence-corrected chi connectivity index (χ1v) is 12.5. The first-order chi connectivity index (χ1) is 15.9. The molecule has 0 saturated carbocycles. The summed E-state index contributed by atoms with van der Waals surface area (Å²) in [5.74, 6) is -0.383. The first-order valence-electron chi connectivity index (χ1n) is 9.65. The standard InChI is InChI=1S/C22H14N2O8S2/c25-19-10-14-12-3-1-2-4-13(12)22(26)21-17(8-7-16(24-19)20(14)21)23-15-6-5-11(33(27,28)29)9-18(15)34(30,31)32/h1-10,23H,(H,24,25)(H,27,28,29)(H,30,31,32). The monoisotopic (exact) mass is 498 g/mol. The molecule has 1 heterocycles. The Morgan fingerprint density at radius 2 is 1.41 bits per heavy atom. The van der Waals surface area contributed by atoms with E-state index in [1.165, 1.54) is 18.2 Å². The van der Waals surface area contributed by atoms with Crippen LogP contribution in [0.25, 0.3) is 22.0 Å². The molecule has 0 aliphatic heterocycles. The molecule has 12 heteroatoms. The maximum Gasteiger partial charge on any atom is 0.296 e. The Balaban J connectivity index is 1.78. The zero-order valence-electron chi connectivity index (χ0n) is 16.9. The quantitative estimate of drug-likeness (QED) is 0.272. The lowest BCUT2D eigenvalue weighted by molar-refractivity contribution is 0.104. The van der Waals surface area contributed by atoms with E-state index in [2.05, 4.69) is 10.3 Å². The molecule has 4 aromatic rings. The van der Waals surface area contributed by atoms with Crippen LogP contribution in [0.4, 0.5) is 11.4 Å². The van der Waals surface area contributed by atoms with Crippen LogP contribution in [0.2, 0.25) is 0 Å². The molecule has 5 rings (SSSR count). The van der Waals surface area contributed by atoms with Crippen molar-refractivity contribution in [1.29, 1.82) is 0 Å². The van der Waals surface area contributed by atoms with E-state index < -0.39 is 30.0 Å². The van der Waals surface area contributed by atoms with Crippen LogP contribution in [-0.2, 0) is 20.2 Å². The van der Waals surface area contributed by atoms with Crippen molar-refractivity contribution in [3.05, 3.63) is 82.1 Å². The summed E-state index contributed by atoms with van der Waals surface area (Å²) >= 11 is 0. The number of pyridine rings is 1. The van der Waals surface area contributed by atoms with Crippen molar-refractivity contribution in [2.24, 2.45) is 0 Å². The lowest BCUT2D eigenvalue weighted by Gasteiger charge is -2.22. The van der Waals surface area contributed by atoms with Crippen LogP contribution in [0.5, 0.6) is 0 Å². The Morgan fingerprint density at radius 3 is 2.09 bits per heavy atom. The van der Waals surface area contributed by atoms with E-state index in [0.29, 0.717) is 33.7 Å². The third-order valence-electron chi connectivity index (χ3n) is 5.50. The van der Waals surface area contributed by atoms with Gasteiger partial charge in [-0.25, -0.2) is 0 Å². The fraction of sp³-hybridized carbons (Fsp3) is 0. The number of hydrogen-bond donors (Lipinski definition) is 4. The van der Waals surface area contributed by atoms with E-state index in [4.69, 9.17) is 0 Å². The van der Waals surface area contributed by atoms with Gasteiger partial charge in [-0.15, -0.1) is 0 Å². The number of rotatable bonds is 4. The smallest absolute Gasteiger partial charge is 0.296 e. The summed E-state index contributed by atoms with van der Waals surface area (Å²) in [4.78, 5) is 26.8. The molecule has 1 aliphatic carbocycles. The number of nitrogens with one attached hydrogen (secondary N) is 2. The van der Waals surface area contributed by atoms with Gasteiger partial charge < -0.3 is 10.3 Å². The molecular weight excluding hydrogens is 484 g/mol. The fourth-order valence-corrected chi connectivity index (χ4v) is 5.34. The number of ketones is 1. The van der Waals surface area contributed by atoms with Crippen LogP contribution in [0.1, 0.15) is 15.9 Å². The number of anilines is 2. The van der Waals surface area contributed by atoms with E-state index >= 15 is 0 Å². The topological polar surface area (TPSA) is 171 Å². The number of aromatic nitrogens is 1. The van der Waals surface area contributed by atoms with Crippen molar-refractivity contribution in [2.45, 2.75) is 9.79 Å². The van der Waals surface area contributed by atoms with Crippen LogP contribution in [0.15, 0.2) is 75.2 Å². The largest absolute Gasteiger partial charge is 0.354 e. The van der Waals surface area contributed by atoms with Crippen molar-refractivity contribution >= 4 is 48.3 Å². The molecule has 0 amide bonds. The highest BCUT2D eigenvalue weighted by molar-refractivity contribution is 7.86. The van der Waals surface area contributed by atoms with Gasteiger partial charge in [0, 0.05) is 22.5 Å². The summed E-state index contributed by atoms with van der Waals surface area (Å²) in [5, 5.41) is 3.22. The van der Waals surface area contributed by atoms with Crippen LogP contribution in [0, 0.1) is 0 Å². The van der Waals surface area contributed by atoms with E-state index in [0.717, 1.165) is 12.1 Å². The number of H-pyrrole nitrogens is 1. The van der Waals surface area contributed by atoms with Crippen LogP contribution < -0.4 is 10.9 Å². The number of benzene rings is 3. The number of carbonyl (C=O) groups excluding carboxylic acids is 1.